The molecular formula is C15H19NO4. The highest BCUT2D eigenvalue weighted by Crippen LogP contribution is 2.23. The van der Waals surface area contributed by atoms with Gasteiger partial charge in [0.1, 0.15) is 5.75 Å². The molecule has 108 valence electrons. The molecule has 0 radical (unpaired) electrons. The van der Waals surface area contributed by atoms with Crippen molar-refractivity contribution in [2.75, 3.05) is 20.8 Å². The second kappa shape index (κ2) is 6.41. The Morgan fingerprint density at radius 2 is 2.00 bits per heavy atom. The van der Waals surface area contributed by atoms with Crippen LogP contribution in [0.15, 0.2) is 24.3 Å². The molecular weight excluding hydrogens is 258 g/mol. The van der Waals surface area contributed by atoms with Crippen molar-refractivity contribution in [1.29, 1.82) is 0 Å². The van der Waals surface area contributed by atoms with Crippen molar-refractivity contribution in [1.82, 2.24) is 4.90 Å². The third-order valence-corrected chi connectivity index (χ3v) is 3.51. The van der Waals surface area contributed by atoms with E-state index in [-0.39, 0.29) is 17.8 Å². The molecule has 1 aliphatic heterocycles. The van der Waals surface area contributed by atoms with Crippen LogP contribution in [-0.2, 0) is 20.9 Å². The lowest BCUT2D eigenvalue weighted by atomic mass is 10.1. The van der Waals surface area contributed by atoms with Crippen molar-refractivity contribution in [2.45, 2.75) is 19.4 Å². The summed E-state index contributed by atoms with van der Waals surface area (Å²) in [5.41, 5.74) is 1.05. The molecule has 0 bridgehead atoms. The molecule has 5 heteroatoms. The molecule has 0 aliphatic carbocycles. The fourth-order valence-electron chi connectivity index (χ4n) is 2.41. The monoisotopic (exact) mass is 277 g/mol. The zero-order valence-corrected chi connectivity index (χ0v) is 11.8. The van der Waals surface area contributed by atoms with E-state index in [1.807, 2.05) is 24.3 Å². The van der Waals surface area contributed by atoms with E-state index in [4.69, 9.17) is 4.74 Å². The quantitative estimate of drug-likeness (QED) is 0.767. The summed E-state index contributed by atoms with van der Waals surface area (Å²) < 4.78 is 9.75. The summed E-state index contributed by atoms with van der Waals surface area (Å²) in [5, 5.41) is 0. The maximum atomic E-state index is 11.9. The molecule has 1 aliphatic rings. The Morgan fingerprint density at radius 3 is 2.60 bits per heavy atom. The Kier molecular flexibility index (Phi) is 4.61. The maximum absolute atomic E-state index is 11.9. The summed E-state index contributed by atoms with van der Waals surface area (Å²) in [4.78, 5) is 25.0. The molecule has 0 N–H and O–H groups in total. The van der Waals surface area contributed by atoms with Gasteiger partial charge in [-0.1, -0.05) is 12.1 Å². The lowest BCUT2D eigenvalue weighted by Gasteiger charge is -2.16. The van der Waals surface area contributed by atoms with Gasteiger partial charge >= 0.3 is 5.97 Å². The SMILES string of the molecule is COC(=O)CC1CC(=O)N(Cc2ccc(OC)cc2)C1. The summed E-state index contributed by atoms with van der Waals surface area (Å²) in [7, 11) is 2.99. The largest absolute Gasteiger partial charge is 0.497 e. The predicted octanol–water partition coefficient (Wildman–Crippen LogP) is 1.61. The number of methoxy groups -OCH3 is 2. The number of ether oxygens (including phenoxy) is 2. The van der Waals surface area contributed by atoms with E-state index in [9.17, 15) is 9.59 Å². The average Bonchev–Trinajstić information content (AvgIpc) is 2.79. The molecule has 1 heterocycles. The van der Waals surface area contributed by atoms with Crippen molar-refractivity contribution in [2.24, 2.45) is 5.92 Å². The van der Waals surface area contributed by atoms with E-state index >= 15 is 0 Å². The number of nitrogens with zero attached hydrogens (tertiary/aromatic N) is 1. The number of carbonyl (C=O) groups is 2. The van der Waals surface area contributed by atoms with E-state index in [0.29, 0.717) is 25.9 Å². The molecule has 0 saturated carbocycles. The van der Waals surface area contributed by atoms with Crippen LogP contribution in [0.2, 0.25) is 0 Å². The number of benzene rings is 1. The highest BCUT2D eigenvalue weighted by molar-refractivity contribution is 5.80. The third kappa shape index (κ3) is 3.50. The van der Waals surface area contributed by atoms with Crippen molar-refractivity contribution < 1.29 is 19.1 Å². The van der Waals surface area contributed by atoms with Gasteiger partial charge in [-0.25, -0.2) is 0 Å². The molecule has 1 unspecified atom stereocenters. The second-order valence-corrected chi connectivity index (χ2v) is 4.97. The summed E-state index contributed by atoms with van der Waals surface area (Å²) >= 11 is 0. The van der Waals surface area contributed by atoms with Crippen LogP contribution < -0.4 is 4.74 Å². The number of amides is 1. The van der Waals surface area contributed by atoms with Crippen LogP contribution in [-0.4, -0.2) is 37.5 Å². The number of hydrogen-bond donors (Lipinski definition) is 0. The molecule has 0 spiro atoms. The van der Waals surface area contributed by atoms with Gasteiger partial charge in [0.25, 0.3) is 0 Å². The Hall–Kier alpha value is -2.04. The van der Waals surface area contributed by atoms with Gasteiger partial charge in [0, 0.05) is 19.5 Å². The highest BCUT2D eigenvalue weighted by atomic mass is 16.5. The first kappa shape index (κ1) is 14.4. The van der Waals surface area contributed by atoms with Gasteiger partial charge in [-0.3, -0.25) is 9.59 Å². The molecule has 1 amide bonds. The van der Waals surface area contributed by atoms with E-state index in [0.717, 1.165) is 11.3 Å². The predicted molar refractivity (Wildman–Crippen MR) is 73.2 cm³/mol. The Bertz CT molecular complexity index is 483. The summed E-state index contributed by atoms with van der Waals surface area (Å²) in [6, 6.07) is 7.64. The first-order chi connectivity index (χ1) is 9.62. The lowest BCUT2D eigenvalue weighted by Crippen LogP contribution is -2.24. The first-order valence-electron chi connectivity index (χ1n) is 6.60. The molecule has 5 nitrogen and oxygen atoms in total. The van der Waals surface area contributed by atoms with E-state index < -0.39 is 0 Å². The Labute approximate surface area is 118 Å². The minimum Gasteiger partial charge on any atom is -0.497 e. The standard InChI is InChI=1S/C15H19NO4/c1-19-13-5-3-11(4-6-13)9-16-10-12(7-14(16)17)8-15(18)20-2/h3-6,12H,7-10H2,1-2H3. The van der Waals surface area contributed by atoms with Crippen LogP contribution in [0.25, 0.3) is 0 Å². The molecule has 1 saturated heterocycles. The molecule has 1 fully saturated rings. The number of hydrogen-bond acceptors (Lipinski definition) is 4. The Morgan fingerprint density at radius 1 is 1.30 bits per heavy atom. The van der Waals surface area contributed by atoms with Crippen molar-refractivity contribution in [3.63, 3.8) is 0 Å². The van der Waals surface area contributed by atoms with Gasteiger partial charge in [-0.15, -0.1) is 0 Å². The van der Waals surface area contributed by atoms with Crippen LogP contribution in [0, 0.1) is 5.92 Å². The van der Waals surface area contributed by atoms with Gasteiger partial charge in [0.2, 0.25) is 5.91 Å². The topological polar surface area (TPSA) is 55.8 Å². The van der Waals surface area contributed by atoms with Crippen LogP contribution in [0.3, 0.4) is 0 Å². The number of carbonyl (C=O) groups excluding carboxylic acids is 2. The van der Waals surface area contributed by atoms with Crippen LogP contribution in [0.5, 0.6) is 5.75 Å². The highest BCUT2D eigenvalue weighted by Gasteiger charge is 2.31. The van der Waals surface area contributed by atoms with Crippen LogP contribution in [0.4, 0.5) is 0 Å². The van der Waals surface area contributed by atoms with Crippen molar-refractivity contribution in [3.8, 4) is 5.75 Å². The van der Waals surface area contributed by atoms with E-state index in [1.165, 1.54) is 7.11 Å². The van der Waals surface area contributed by atoms with Crippen molar-refractivity contribution >= 4 is 11.9 Å². The lowest BCUT2D eigenvalue weighted by molar-refractivity contribution is -0.141. The molecule has 20 heavy (non-hydrogen) atoms. The smallest absolute Gasteiger partial charge is 0.305 e. The molecule has 1 aromatic carbocycles. The summed E-state index contributed by atoms with van der Waals surface area (Å²) in [5.74, 6) is 0.696. The zero-order valence-electron chi connectivity index (χ0n) is 11.8. The van der Waals surface area contributed by atoms with Gasteiger partial charge in [-0.05, 0) is 23.6 Å². The minimum atomic E-state index is -0.255. The van der Waals surface area contributed by atoms with Crippen molar-refractivity contribution in [3.05, 3.63) is 29.8 Å². The van der Waals surface area contributed by atoms with Gasteiger partial charge < -0.3 is 14.4 Å². The molecule has 1 aromatic rings. The third-order valence-electron chi connectivity index (χ3n) is 3.51. The fraction of sp³-hybridized carbons (Fsp3) is 0.467. The van der Waals surface area contributed by atoms with Crippen LogP contribution in [0.1, 0.15) is 18.4 Å². The Balaban J connectivity index is 1.92. The number of esters is 1. The number of rotatable bonds is 5. The fourth-order valence-corrected chi connectivity index (χ4v) is 2.41. The average molecular weight is 277 g/mol. The van der Waals surface area contributed by atoms with Gasteiger partial charge in [-0.2, -0.15) is 0 Å². The summed E-state index contributed by atoms with van der Waals surface area (Å²) in [6.45, 7) is 1.18. The van der Waals surface area contributed by atoms with Gasteiger partial charge in [0.05, 0.1) is 20.6 Å². The zero-order chi connectivity index (χ0) is 14.5. The summed E-state index contributed by atoms with van der Waals surface area (Å²) in [6.07, 6.45) is 0.729. The minimum absolute atomic E-state index is 0.0631. The molecule has 1 atom stereocenters. The van der Waals surface area contributed by atoms with Gasteiger partial charge in [0.15, 0.2) is 0 Å². The van der Waals surface area contributed by atoms with Crippen LogP contribution >= 0.6 is 0 Å². The normalized spacial score (nSPS) is 18.2. The van der Waals surface area contributed by atoms with E-state index in [2.05, 4.69) is 4.74 Å². The maximum Gasteiger partial charge on any atom is 0.305 e. The van der Waals surface area contributed by atoms with E-state index in [1.54, 1.807) is 12.0 Å². The molecule has 2 rings (SSSR count). The number of likely N-dealkylation sites (tertiary alicyclic amines) is 1. The molecule has 0 aromatic heterocycles. The first-order valence-corrected chi connectivity index (χ1v) is 6.60. The second-order valence-electron chi connectivity index (χ2n) is 4.97.